The maximum Gasteiger partial charge on any atom is 0.350 e. The number of thiazole rings is 1. The summed E-state index contributed by atoms with van der Waals surface area (Å²) >= 11 is 1.23. The molecule has 0 spiro atoms. The van der Waals surface area contributed by atoms with Crippen LogP contribution < -0.4 is 5.32 Å². The van der Waals surface area contributed by atoms with Crippen molar-refractivity contribution in [2.24, 2.45) is 0 Å². The van der Waals surface area contributed by atoms with Crippen LogP contribution in [0.25, 0.3) is 0 Å². The molecule has 0 aromatic carbocycles. The van der Waals surface area contributed by atoms with Crippen LogP contribution in [0.4, 0.5) is 5.13 Å². The molecule has 0 fully saturated rings. The molecule has 0 unspecified atom stereocenters. The van der Waals surface area contributed by atoms with Gasteiger partial charge in [0.2, 0.25) is 6.39 Å². The number of carbonyl (C=O) groups is 1. The molecule has 0 aliphatic heterocycles. The van der Waals surface area contributed by atoms with Gasteiger partial charge in [0, 0.05) is 0 Å². The summed E-state index contributed by atoms with van der Waals surface area (Å²) in [7, 11) is 1.34. The van der Waals surface area contributed by atoms with Crippen molar-refractivity contribution in [2.45, 2.75) is 13.5 Å². The zero-order valence-electron chi connectivity index (χ0n) is 9.26. The maximum atomic E-state index is 11.4. The minimum atomic E-state index is -0.382. The largest absolute Gasteiger partial charge is 0.465 e. The molecule has 0 amide bonds. The number of methoxy groups -OCH3 is 1. The van der Waals surface area contributed by atoms with E-state index in [4.69, 9.17) is 0 Å². The number of aromatic nitrogens is 3. The van der Waals surface area contributed by atoms with Gasteiger partial charge in [-0.1, -0.05) is 16.5 Å². The van der Waals surface area contributed by atoms with Crippen molar-refractivity contribution >= 4 is 22.4 Å². The fourth-order valence-electron chi connectivity index (χ4n) is 1.18. The van der Waals surface area contributed by atoms with Crippen LogP contribution in [-0.2, 0) is 11.3 Å². The Labute approximate surface area is 101 Å². The molecule has 2 rings (SSSR count). The first-order chi connectivity index (χ1) is 8.20. The smallest absolute Gasteiger partial charge is 0.350 e. The summed E-state index contributed by atoms with van der Waals surface area (Å²) in [5.74, 6) is 0.144. The van der Waals surface area contributed by atoms with Gasteiger partial charge in [0.15, 0.2) is 11.0 Å². The molecule has 2 heterocycles. The second-order valence-corrected chi connectivity index (χ2v) is 4.13. The highest BCUT2D eigenvalue weighted by molar-refractivity contribution is 7.17. The van der Waals surface area contributed by atoms with E-state index in [9.17, 15) is 4.79 Å². The highest BCUT2D eigenvalue weighted by Gasteiger charge is 2.15. The highest BCUT2D eigenvalue weighted by Crippen LogP contribution is 2.23. The summed E-state index contributed by atoms with van der Waals surface area (Å²) in [6.07, 6.45) is 1.25. The van der Waals surface area contributed by atoms with Crippen molar-refractivity contribution in [3.05, 3.63) is 22.8 Å². The van der Waals surface area contributed by atoms with Gasteiger partial charge in [-0.3, -0.25) is 0 Å². The van der Waals surface area contributed by atoms with Gasteiger partial charge in [0.1, 0.15) is 4.88 Å². The number of anilines is 1. The van der Waals surface area contributed by atoms with Crippen LogP contribution in [0, 0.1) is 6.92 Å². The van der Waals surface area contributed by atoms with E-state index in [2.05, 4.69) is 29.7 Å². The van der Waals surface area contributed by atoms with Crippen molar-refractivity contribution in [1.82, 2.24) is 15.1 Å². The monoisotopic (exact) mass is 254 g/mol. The summed E-state index contributed by atoms with van der Waals surface area (Å²) in [5.41, 5.74) is 0.637. The standard InChI is InChI=1S/C9H10N4O3S/c1-5-7(8(14)15-2)17-9(12-5)10-3-6-11-4-16-13-6/h4H,3H2,1-2H3,(H,10,12). The number of hydrogen-bond donors (Lipinski definition) is 1. The first kappa shape index (κ1) is 11.5. The van der Waals surface area contributed by atoms with Gasteiger partial charge in [-0.05, 0) is 6.92 Å². The quantitative estimate of drug-likeness (QED) is 0.820. The number of aryl methyl sites for hydroxylation is 1. The van der Waals surface area contributed by atoms with Crippen LogP contribution in [0.15, 0.2) is 10.9 Å². The van der Waals surface area contributed by atoms with Crippen molar-refractivity contribution in [3.8, 4) is 0 Å². The minimum absolute atomic E-state index is 0.382. The van der Waals surface area contributed by atoms with Gasteiger partial charge in [-0.25, -0.2) is 9.78 Å². The number of nitrogens with zero attached hydrogens (tertiary/aromatic N) is 3. The molecule has 0 saturated heterocycles. The lowest BCUT2D eigenvalue weighted by atomic mass is 10.4. The molecule has 8 heteroatoms. The highest BCUT2D eigenvalue weighted by atomic mass is 32.1. The molecule has 1 N–H and O–H groups in total. The second-order valence-electron chi connectivity index (χ2n) is 3.13. The van der Waals surface area contributed by atoms with E-state index >= 15 is 0 Å². The fourth-order valence-corrected chi connectivity index (χ4v) is 2.06. The fraction of sp³-hybridized carbons (Fsp3) is 0.333. The Morgan fingerprint density at radius 2 is 2.47 bits per heavy atom. The summed E-state index contributed by atoms with van der Waals surface area (Å²) in [6, 6.07) is 0. The Balaban J connectivity index is 2.05. The number of rotatable bonds is 4. The van der Waals surface area contributed by atoms with Gasteiger partial charge in [-0.15, -0.1) is 0 Å². The number of esters is 1. The molecular formula is C9H10N4O3S. The lowest BCUT2D eigenvalue weighted by Gasteiger charge is -1.96. The van der Waals surface area contributed by atoms with E-state index in [0.717, 1.165) is 0 Å². The SMILES string of the molecule is COC(=O)c1sc(NCc2ncon2)nc1C. The Kier molecular flexibility index (Phi) is 3.33. The predicted molar refractivity (Wildman–Crippen MR) is 59.8 cm³/mol. The molecule has 2 aromatic heterocycles. The number of nitrogens with one attached hydrogen (secondary N) is 1. The topological polar surface area (TPSA) is 90.1 Å². The van der Waals surface area contributed by atoms with Gasteiger partial charge >= 0.3 is 5.97 Å². The minimum Gasteiger partial charge on any atom is -0.465 e. The molecule has 0 radical (unpaired) electrons. The summed E-state index contributed by atoms with van der Waals surface area (Å²) < 4.78 is 9.24. The summed E-state index contributed by atoms with van der Waals surface area (Å²) in [6.45, 7) is 2.15. The van der Waals surface area contributed by atoms with Gasteiger partial charge in [0.05, 0.1) is 19.3 Å². The molecule has 0 bridgehead atoms. The molecule has 0 saturated carbocycles. The van der Waals surface area contributed by atoms with E-state index in [1.807, 2.05) is 0 Å². The first-order valence-electron chi connectivity index (χ1n) is 4.75. The second kappa shape index (κ2) is 4.91. The van der Waals surface area contributed by atoms with E-state index < -0.39 is 0 Å². The first-order valence-corrected chi connectivity index (χ1v) is 5.57. The van der Waals surface area contributed by atoms with Crippen molar-refractivity contribution < 1.29 is 14.1 Å². The average Bonchev–Trinajstić information content (AvgIpc) is 2.94. The third-order valence-corrected chi connectivity index (χ3v) is 3.07. The van der Waals surface area contributed by atoms with Crippen molar-refractivity contribution in [1.29, 1.82) is 0 Å². The van der Waals surface area contributed by atoms with Gasteiger partial charge in [-0.2, -0.15) is 4.98 Å². The Bertz CT molecular complexity index is 508. The Morgan fingerprint density at radius 3 is 3.12 bits per heavy atom. The maximum absolute atomic E-state index is 11.4. The van der Waals surface area contributed by atoms with Gasteiger partial charge < -0.3 is 14.6 Å². The van der Waals surface area contributed by atoms with Crippen LogP contribution in [0.2, 0.25) is 0 Å². The number of carbonyl (C=O) groups excluding carboxylic acids is 1. The zero-order chi connectivity index (χ0) is 12.3. The normalized spacial score (nSPS) is 10.2. The molecule has 17 heavy (non-hydrogen) atoms. The molecule has 0 aliphatic rings. The molecule has 7 nitrogen and oxygen atoms in total. The molecule has 90 valence electrons. The third kappa shape index (κ3) is 2.59. The van der Waals surface area contributed by atoms with E-state index in [1.54, 1.807) is 6.92 Å². The van der Waals surface area contributed by atoms with Gasteiger partial charge in [0.25, 0.3) is 0 Å². The van der Waals surface area contributed by atoms with E-state index in [0.29, 0.717) is 28.1 Å². The predicted octanol–water partition coefficient (Wildman–Crippen LogP) is 1.23. The lowest BCUT2D eigenvalue weighted by molar-refractivity contribution is 0.0605. The average molecular weight is 254 g/mol. The Hall–Kier alpha value is -1.96. The van der Waals surface area contributed by atoms with Crippen LogP contribution in [-0.4, -0.2) is 28.2 Å². The molecular weight excluding hydrogens is 244 g/mol. The van der Waals surface area contributed by atoms with Crippen LogP contribution in [0.3, 0.4) is 0 Å². The van der Waals surface area contributed by atoms with E-state index in [1.165, 1.54) is 24.8 Å². The lowest BCUT2D eigenvalue weighted by Crippen LogP contribution is -2.00. The van der Waals surface area contributed by atoms with Crippen LogP contribution in [0.5, 0.6) is 0 Å². The summed E-state index contributed by atoms with van der Waals surface area (Å²) in [5, 5.41) is 7.27. The van der Waals surface area contributed by atoms with E-state index in [-0.39, 0.29) is 5.97 Å². The van der Waals surface area contributed by atoms with Crippen molar-refractivity contribution in [2.75, 3.05) is 12.4 Å². The Morgan fingerprint density at radius 1 is 1.65 bits per heavy atom. The van der Waals surface area contributed by atoms with Crippen LogP contribution in [0.1, 0.15) is 21.2 Å². The zero-order valence-corrected chi connectivity index (χ0v) is 10.1. The molecule has 0 atom stereocenters. The molecule has 0 aliphatic carbocycles. The third-order valence-electron chi connectivity index (χ3n) is 1.97. The number of hydrogen-bond acceptors (Lipinski definition) is 8. The van der Waals surface area contributed by atoms with Crippen LogP contribution >= 0.6 is 11.3 Å². The number of ether oxygens (including phenoxy) is 1. The van der Waals surface area contributed by atoms with Crippen molar-refractivity contribution in [3.63, 3.8) is 0 Å². The summed E-state index contributed by atoms with van der Waals surface area (Å²) in [4.78, 5) is 19.9. The molecule has 2 aromatic rings.